The number of aromatic nitrogens is 2. The first kappa shape index (κ1) is 8.51. The van der Waals surface area contributed by atoms with E-state index in [4.69, 9.17) is 0 Å². The summed E-state index contributed by atoms with van der Waals surface area (Å²) >= 11 is 1.70. The van der Waals surface area contributed by atoms with Gasteiger partial charge in [-0.1, -0.05) is 13.3 Å². The zero-order valence-electron chi connectivity index (χ0n) is 7.58. The summed E-state index contributed by atoms with van der Waals surface area (Å²) in [5.74, 6) is 0. The van der Waals surface area contributed by atoms with Crippen LogP contribution in [0.3, 0.4) is 0 Å². The first-order valence-corrected chi connectivity index (χ1v) is 5.36. The second-order valence-electron chi connectivity index (χ2n) is 2.98. The highest BCUT2D eigenvalue weighted by atomic mass is 32.1. The average molecular weight is 192 g/mol. The Morgan fingerprint density at radius 1 is 1.54 bits per heavy atom. The van der Waals surface area contributed by atoms with E-state index in [2.05, 4.69) is 28.3 Å². The third kappa shape index (κ3) is 1.80. The molecule has 0 saturated carbocycles. The number of thiazole rings is 1. The number of H-pyrrole nitrogens is 1. The molecule has 0 radical (unpaired) electrons. The zero-order chi connectivity index (χ0) is 9.10. The molecule has 13 heavy (non-hydrogen) atoms. The molecule has 0 amide bonds. The minimum absolute atomic E-state index is 1.08. The van der Waals surface area contributed by atoms with Crippen LogP contribution in [0.5, 0.6) is 0 Å². The van der Waals surface area contributed by atoms with Gasteiger partial charge in [-0.2, -0.15) is 0 Å². The van der Waals surface area contributed by atoms with Crippen molar-refractivity contribution in [2.24, 2.45) is 0 Å². The summed E-state index contributed by atoms with van der Waals surface area (Å²) in [6.07, 6.45) is 4.17. The summed E-state index contributed by atoms with van der Waals surface area (Å²) in [6.45, 7) is 2.17. The molecular weight excluding hydrogens is 180 g/mol. The van der Waals surface area contributed by atoms with Gasteiger partial charge in [0.1, 0.15) is 5.01 Å². The fraction of sp³-hybridized carbons (Fsp3) is 0.300. The van der Waals surface area contributed by atoms with E-state index in [1.165, 1.54) is 5.69 Å². The lowest BCUT2D eigenvalue weighted by Gasteiger charge is -1.89. The third-order valence-electron chi connectivity index (χ3n) is 1.89. The van der Waals surface area contributed by atoms with E-state index >= 15 is 0 Å². The number of aromatic amines is 1. The molecule has 0 fully saturated rings. The van der Waals surface area contributed by atoms with E-state index in [0.717, 1.165) is 23.5 Å². The molecule has 0 unspecified atom stereocenters. The molecule has 2 aromatic heterocycles. The average Bonchev–Trinajstić information content (AvgIpc) is 2.70. The van der Waals surface area contributed by atoms with E-state index < -0.39 is 0 Å². The Kier molecular flexibility index (Phi) is 2.45. The smallest absolute Gasteiger partial charge is 0.139 e. The van der Waals surface area contributed by atoms with Crippen molar-refractivity contribution < 1.29 is 0 Å². The number of aryl methyl sites for hydroxylation is 1. The van der Waals surface area contributed by atoms with Gasteiger partial charge in [-0.05, 0) is 18.6 Å². The molecule has 3 heteroatoms. The molecule has 2 nitrogen and oxygen atoms in total. The van der Waals surface area contributed by atoms with Crippen LogP contribution in [0, 0.1) is 0 Å². The van der Waals surface area contributed by atoms with Crippen molar-refractivity contribution in [2.75, 3.05) is 0 Å². The normalized spacial score (nSPS) is 10.5. The largest absolute Gasteiger partial charge is 0.359 e. The number of rotatable bonds is 3. The Hall–Kier alpha value is -1.09. The number of nitrogens with zero attached hydrogens (tertiary/aromatic N) is 1. The molecule has 1 N–H and O–H groups in total. The summed E-state index contributed by atoms with van der Waals surface area (Å²) in [5.41, 5.74) is 2.32. The van der Waals surface area contributed by atoms with Gasteiger partial charge in [-0.3, -0.25) is 0 Å². The first-order chi connectivity index (χ1) is 6.40. The molecule has 0 saturated heterocycles. The lowest BCUT2D eigenvalue weighted by atomic mass is 10.3. The van der Waals surface area contributed by atoms with Crippen molar-refractivity contribution in [2.45, 2.75) is 19.8 Å². The molecule has 0 spiro atoms. The molecule has 0 aliphatic heterocycles. The second kappa shape index (κ2) is 3.75. The van der Waals surface area contributed by atoms with Gasteiger partial charge in [-0.25, -0.2) is 4.98 Å². The van der Waals surface area contributed by atoms with Crippen LogP contribution in [0.25, 0.3) is 10.7 Å². The van der Waals surface area contributed by atoms with Crippen LogP contribution in [-0.2, 0) is 6.42 Å². The minimum atomic E-state index is 1.08. The maximum absolute atomic E-state index is 4.53. The SMILES string of the molecule is CCCc1csc(-c2ccc[nH]2)n1. The molecule has 0 aliphatic carbocycles. The lowest BCUT2D eigenvalue weighted by molar-refractivity contribution is 0.893. The van der Waals surface area contributed by atoms with Crippen LogP contribution in [-0.4, -0.2) is 9.97 Å². The van der Waals surface area contributed by atoms with Crippen LogP contribution in [0.4, 0.5) is 0 Å². The fourth-order valence-corrected chi connectivity index (χ4v) is 2.11. The molecule has 0 atom stereocenters. The molecular formula is C10H12N2S. The van der Waals surface area contributed by atoms with Gasteiger partial charge in [0, 0.05) is 11.6 Å². The third-order valence-corrected chi connectivity index (χ3v) is 2.81. The molecule has 2 aromatic rings. The van der Waals surface area contributed by atoms with Gasteiger partial charge >= 0.3 is 0 Å². The zero-order valence-corrected chi connectivity index (χ0v) is 8.40. The first-order valence-electron chi connectivity index (χ1n) is 4.48. The van der Waals surface area contributed by atoms with E-state index in [-0.39, 0.29) is 0 Å². The summed E-state index contributed by atoms with van der Waals surface area (Å²) in [6, 6.07) is 4.05. The molecule has 0 aromatic carbocycles. The van der Waals surface area contributed by atoms with Crippen molar-refractivity contribution in [3.63, 3.8) is 0 Å². The second-order valence-corrected chi connectivity index (χ2v) is 3.84. The molecule has 0 bridgehead atoms. The van der Waals surface area contributed by atoms with Crippen molar-refractivity contribution in [3.05, 3.63) is 29.4 Å². The van der Waals surface area contributed by atoms with Crippen LogP contribution >= 0.6 is 11.3 Å². The summed E-state index contributed by atoms with van der Waals surface area (Å²) in [4.78, 5) is 7.69. The van der Waals surface area contributed by atoms with Gasteiger partial charge in [-0.15, -0.1) is 11.3 Å². The van der Waals surface area contributed by atoms with Gasteiger partial charge < -0.3 is 4.98 Å². The molecule has 2 rings (SSSR count). The van der Waals surface area contributed by atoms with Gasteiger partial charge in [0.15, 0.2) is 0 Å². The summed E-state index contributed by atoms with van der Waals surface area (Å²) in [7, 11) is 0. The van der Waals surface area contributed by atoms with E-state index in [1.54, 1.807) is 11.3 Å². The predicted molar refractivity (Wildman–Crippen MR) is 55.9 cm³/mol. The van der Waals surface area contributed by atoms with Gasteiger partial charge in [0.2, 0.25) is 0 Å². The number of hydrogen-bond donors (Lipinski definition) is 1. The Balaban J connectivity index is 2.23. The van der Waals surface area contributed by atoms with Crippen molar-refractivity contribution >= 4 is 11.3 Å². The fourth-order valence-electron chi connectivity index (χ4n) is 1.27. The Morgan fingerprint density at radius 3 is 3.15 bits per heavy atom. The minimum Gasteiger partial charge on any atom is -0.359 e. The highest BCUT2D eigenvalue weighted by molar-refractivity contribution is 7.13. The summed E-state index contributed by atoms with van der Waals surface area (Å²) in [5, 5.41) is 3.23. The molecule has 68 valence electrons. The van der Waals surface area contributed by atoms with Crippen LogP contribution < -0.4 is 0 Å². The van der Waals surface area contributed by atoms with Crippen molar-refractivity contribution in [3.8, 4) is 10.7 Å². The molecule has 2 heterocycles. The van der Waals surface area contributed by atoms with Crippen molar-refractivity contribution in [1.29, 1.82) is 0 Å². The number of nitrogens with one attached hydrogen (secondary N) is 1. The monoisotopic (exact) mass is 192 g/mol. The Morgan fingerprint density at radius 2 is 2.46 bits per heavy atom. The van der Waals surface area contributed by atoms with Crippen LogP contribution in [0.15, 0.2) is 23.7 Å². The highest BCUT2D eigenvalue weighted by Gasteiger charge is 2.03. The highest BCUT2D eigenvalue weighted by Crippen LogP contribution is 2.22. The van der Waals surface area contributed by atoms with Crippen LogP contribution in [0.1, 0.15) is 19.0 Å². The maximum Gasteiger partial charge on any atom is 0.139 e. The van der Waals surface area contributed by atoms with Gasteiger partial charge in [0.05, 0.1) is 11.4 Å². The van der Waals surface area contributed by atoms with E-state index in [0.29, 0.717) is 0 Å². The predicted octanol–water partition coefficient (Wildman–Crippen LogP) is 3.09. The summed E-state index contributed by atoms with van der Waals surface area (Å²) < 4.78 is 0. The van der Waals surface area contributed by atoms with E-state index in [9.17, 15) is 0 Å². The molecule has 0 aliphatic rings. The quantitative estimate of drug-likeness (QED) is 0.795. The topological polar surface area (TPSA) is 28.7 Å². The standard InChI is InChI=1S/C10H12N2S/c1-2-4-8-7-13-10(12-8)9-5-3-6-11-9/h3,5-7,11H,2,4H2,1H3. The Labute approximate surface area is 81.7 Å². The van der Waals surface area contributed by atoms with E-state index in [1.807, 2.05) is 12.3 Å². The lowest BCUT2D eigenvalue weighted by Crippen LogP contribution is -1.82. The van der Waals surface area contributed by atoms with Crippen LogP contribution in [0.2, 0.25) is 0 Å². The number of hydrogen-bond acceptors (Lipinski definition) is 2. The van der Waals surface area contributed by atoms with Gasteiger partial charge in [0.25, 0.3) is 0 Å². The Bertz CT molecular complexity index is 362. The van der Waals surface area contributed by atoms with Crippen molar-refractivity contribution in [1.82, 2.24) is 9.97 Å². The maximum atomic E-state index is 4.53.